The van der Waals surface area contributed by atoms with Crippen molar-refractivity contribution < 1.29 is 14.6 Å². The Kier molecular flexibility index (Phi) is 13.4. The van der Waals surface area contributed by atoms with Crippen molar-refractivity contribution in [2.24, 2.45) is 0 Å². The van der Waals surface area contributed by atoms with Crippen molar-refractivity contribution in [3.63, 3.8) is 0 Å². The zero-order chi connectivity index (χ0) is 14.3. The summed E-state index contributed by atoms with van der Waals surface area (Å²) in [7, 11) is 0. The number of unbranched alkanes of at least 4 members (excludes halogenated alkanes) is 9. The van der Waals surface area contributed by atoms with Crippen LogP contribution in [-0.4, -0.2) is 23.8 Å². The first kappa shape index (κ1) is 18.4. The van der Waals surface area contributed by atoms with E-state index in [1.165, 1.54) is 64.7 Å². The van der Waals surface area contributed by atoms with Crippen molar-refractivity contribution in [3.8, 4) is 0 Å². The number of carbonyl (C=O) groups is 1. The highest BCUT2D eigenvalue weighted by atomic mass is 16.5. The average Bonchev–Trinajstić information content (AvgIpc) is 2.38. The summed E-state index contributed by atoms with van der Waals surface area (Å²) in [6, 6.07) is 0. The lowest BCUT2D eigenvalue weighted by Gasteiger charge is -2.09. The zero-order valence-electron chi connectivity index (χ0n) is 12.8. The number of aliphatic hydroxyl groups is 1. The standard InChI is InChI=1S/C16H32O3/c1-3-4-5-6-7-8-9-10-11-12-13-16(18)14-19-15(2)17/h16,18H,3-14H2,1-2H3. The molecule has 1 atom stereocenters. The van der Waals surface area contributed by atoms with Gasteiger partial charge in [-0.05, 0) is 6.42 Å². The number of esters is 1. The predicted octanol–water partition coefficient (Wildman–Crippen LogP) is 4.22. The molecule has 0 aromatic rings. The fourth-order valence-corrected chi connectivity index (χ4v) is 2.16. The lowest BCUT2D eigenvalue weighted by Crippen LogP contribution is -2.17. The minimum Gasteiger partial charge on any atom is -0.463 e. The number of carbonyl (C=O) groups excluding carboxylic acids is 1. The van der Waals surface area contributed by atoms with Crippen LogP contribution in [0, 0.1) is 0 Å². The third-order valence-corrected chi connectivity index (χ3v) is 3.37. The third-order valence-electron chi connectivity index (χ3n) is 3.37. The Morgan fingerprint density at radius 2 is 1.42 bits per heavy atom. The molecule has 1 unspecified atom stereocenters. The van der Waals surface area contributed by atoms with Gasteiger partial charge in [-0.2, -0.15) is 0 Å². The summed E-state index contributed by atoms with van der Waals surface area (Å²) < 4.78 is 4.76. The zero-order valence-corrected chi connectivity index (χ0v) is 12.8. The molecule has 3 nitrogen and oxygen atoms in total. The van der Waals surface area contributed by atoms with Crippen molar-refractivity contribution >= 4 is 5.97 Å². The lowest BCUT2D eigenvalue weighted by molar-refractivity contribution is -0.144. The monoisotopic (exact) mass is 272 g/mol. The number of hydrogen-bond donors (Lipinski definition) is 1. The van der Waals surface area contributed by atoms with Crippen molar-refractivity contribution in [3.05, 3.63) is 0 Å². The number of ether oxygens (including phenoxy) is 1. The molecule has 114 valence electrons. The van der Waals surface area contributed by atoms with E-state index in [2.05, 4.69) is 6.92 Å². The maximum absolute atomic E-state index is 10.6. The highest BCUT2D eigenvalue weighted by Crippen LogP contribution is 2.12. The summed E-state index contributed by atoms with van der Waals surface area (Å²) in [5, 5.41) is 9.54. The second kappa shape index (κ2) is 13.9. The van der Waals surface area contributed by atoms with Gasteiger partial charge < -0.3 is 9.84 Å². The van der Waals surface area contributed by atoms with E-state index in [1.807, 2.05) is 0 Å². The Morgan fingerprint density at radius 3 is 1.89 bits per heavy atom. The molecule has 0 amide bonds. The molecular weight excluding hydrogens is 240 g/mol. The molecular formula is C16H32O3. The van der Waals surface area contributed by atoms with Gasteiger partial charge in [0.25, 0.3) is 0 Å². The lowest BCUT2D eigenvalue weighted by atomic mass is 10.0. The molecule has 0 bridgehead atoms. The maximum Gasteiger partial charge on any atom is 0.302 e. The van der Waals surface area contributed by atoms with Crippen LogP contribution < -0.4 is 0 Å². The first-order valence-electron chi connectivity index (χ1n) is 7.98. The molecule has 0 aliphatic carbocycles. The summed E-state index contributed by atoms with van der Waals surface area (Å²) in [5.41, 5.74) is 0. The normalized spacial score (nSPS) is 12.4. The van der Waals surface area contributed by atoms with Crippen LogP contribution in [-0.2, 0) is 9.53 Å². The van der Waals surface area contributed by atoms with Crippen LogP contribution in [0.15, 0.2) is 0 Å². The van der Waals surface area contributed by atoms with Crippen molar-refractivity contribution in [1.29, 1.82) is 0 Å². The van der Waals surface area contributed by atoms with Gasteiger partial charge in [-0.25, -0.2) is 0 Å². The van der Waals surface area contributed by atoms with Gasteiger partial charge in [0.15, 0.2) is 0 Å². The molecule has 0 rings (SSSR count). The molecule has 0 spiro atoms. The van der Waals surface area contributed by atoms with E-state index in [1.54, 1.807) is 0 Å². The van der Waals surface area contributed by atoms with Gasteiger partial charge in [-0.15, -0.1) is 0 Å². The first-order chi connectivity index (χ1) is 9.16. The molecule has 0 aromatic heterocycles. The Hall–Kier alpha value is -0.570. The molecule has 0 saturated carbocycles. The second-order valence-corrected chi connectivity index (χ2v) is 5.43. The van der Waals surface area contributed by atoms with E-state index in [9.17, 15) is 9.90 Å². The Morgan fingerprint density at radius 1 is 0.947 bits per heavy atom. The van der Waals surface area contributed by atoms with E-state index in [4.69, 9.17) is 4.74 Å². The third kappa shape index (κ3) is 15.4. The van der Waals surface area contributed by atoms with Gasteiger partial charge in [0.1, 0.15) is 6.61 Å². The van der Waals surface area contributed by atoms with Gasteiger partial charge in [-0.3, -0.25) is 4.79 Å². The fourth-order valence-electron chi connectivity index (χ4n) is 2.16. The summed E-state index contributed by atoms with van der Waals surface area (Å²) in [5.74, 6) is -0.317. The van der Waals surface area contributed by atoms with Crippen molar-refractivity contribution in [2.45, 2.75) is 90.6 Å². The van der Waals surface area contributed by atoms with Gasteiger partial charge in [0.2, 0.25) is 0 Å². The maximum atomic E-state index is 10.6. The molecule has 19 heavy (non-hydrogen) atoms. The van der Waals surface area contributed by atoms with Crippen LogP contribution in [0.3, 0.4) is 0 Å². The smallest absolute Gasteiger partial charge is 0.302 e. The van der Waals surface area contributed by atoms with Crippen LogP contribution in [0.25, 0.3) is 0 Å². The molecule has 1 N–H and O–H groups in total. The van der Waals surface area contributed by atoms with Crippen molar-refractivity contribution in [2.75, 3.05) is 6.61 Å². The van der Waals surface area contributed by atoms with Gasteiger partial charge >= 0.3 is 5.97 Å². The summed E-state index contributed by atoms with van der Waals surface area (Å²) >= 11 is 0. The minimum absolute atomic E-state index is 0.146. The minimum atomic E-state index is -0.488. The van der Waals surface area contributed by atoms with Gasteiger partial charge in [0.05, 0.1) is 6.10 Å². The molecule has 0 aliphatic rings. The number of hydrogen-bond acceptors (Lipinski definition) is 3. The Bertz CT molecular complexity index is 204. The molecule has 0 saturated heterocycles. The van der Waals surface area contributed by atoms with Crippen LogP contribution in [0.5, 0.6) is 0 Å². The molecule has 0 fully saturated rings. The SMILES string of the molecule is CCCCCCCCCCCCC(O)COC(C)=O. The van der Waals surface area contributed by atoms with E-state index in [0.29, 0.717) is 0 Å². The molecule has 0 radical (unpaired) electrons. The number of rotatable bonds is 13. The molecule has 3 heteroatoms. The second-order valence-electron chi connectivity index (χ2n) is 5.43. The topological polar surface area (TPSA) is 46.5 Å². The highest BCUT2D eigenvalue weighted by Gasteiger charge is 2.05. The highest BCUT2D eigenvalue weighted by molar-refractivity contribution is 5.65. The Balaban J connectivity index is 3.11. The largest absolute Gasteiger partial charge is 0.463 e. The Labute approximate surface area is 118 Å². The molecule has 0 aliphatic heterocycles. The summed E-state index contributed by atoms with van der Waals surface area (Å²) in [6.45, 7) is 3.76. The predicted molar refractivity (Wildman–Crippen MR) is 79.1 cm³/mol. The van der Waals surface area contributed by atoms with Crippen LogP contribution in [0.2, 0.25) is 0 Å². The van der Waals surface area contributed by atoms with E-state index < -0.39 is 6.10 Å². The van der Waals surface area contributed by atoms with E-state index >= 15 is 0 Å². The van der Waals surface area contributed by atoms with Crippen molar-refractivity contribution in [1.82, 2.24) is 0 Å². The van der Waals surface area contributed by atoms with E-state index in [-0.39, 0.29) is 12.6 Å². The van der Waals surface area contributed by atoms with Crippen LogP contribution in [0.4, 0.5) is 0 Å². The first-order valence-corrected chi connectivity index (χ1v) is 7.98. The number of aliphatic hydroxyl groups excluding tert-OH is 1. The molecule has 0 aromatic carbocycles. The summed E-state index contributed by atoms with van der Waals surface area (Å²) in [4.78, 5) is 10.6. The summed E-state index contributed by atoms with van der Waals surface area (Å²) in [6.07, 6.45) is 13.2. The molecule has 0 heterocycles. The average molecular weight is 272 g/mol. The van der Waals surface area contributed by atoms with Crippen LogP contribution in [0.1, 0.15) is 84.5 Å². The van der Waals surface area contributed by atoms with E-state index in [0.717, 1.165) is 12.8 Å². The fraction of sp³-hybridized carbons (Fsp3) is 0.938. The quantitative estimate of drug-likeness (QED) is 0.403. The van der Waals surface area contributed by atoms with Gasteiger partial charge in [-0.1, -0.05) is 71.1 Å². The van der Waals surface area contributed by atoms with Gasteiger partial charge in [0, 0.05) is 6.92 Å². The van der Waals surface area contributed by atoms with Crippen LogP contribution >= 0.6 is 0 Å².